The Morgan fingerprint density at radius 1 is 1.41 bits per heavy atom. The van der Waals surface area contributed by atoms with E-state index in [0.29, 0.717) is 10.9 Å². The normalized spacial score (nSPS) is 18.4. The second-order valence-corrected chi connectivity index (χ2v) is 5.96. The topological polar surface area (TPSA) is 46.3 Å². The zero-order chi connectivity index (χ0) is 13.0. The van der Waals surface area contributed by atoms with Gasteiger partial charge >= 0.3 is 0 Å². The maximum absolute atomic E-state index is 12.3. The molecule has 0 aromatic heterocycles. The first kappa shape index (κ1) is 14.4. The van der Waals surface area contributed by atoms with E-state index in [1.807, 2.05) is 25.8 Å². The third-order valence-electron chi connectivity index (χ3n) is 3.62. The van der Waals surface area contributed by atoms with Gasteiger partial charge < -0.3 is 10.6 Å². The molecule has 0 aromatic rings. The van der Waals surface area contributed by atoms with E-state index in [2.05, 4.69) is 0 Å². The highest BCUT2D eigenvalue weighted by Crippen LogP contribution is 2.26. The number of hydrogen-bond donors (Lipinski definition) is 1. The molecule has 1 unspecified atom stereocenters. The average molecular weight is 256 g/mol. The summed E-state index contributed by atoms with van der Waals surface area (Å²) in [6.45, 7) is 4.83. The number of hydrogen-bond acceptors (Lipinski definition) is 2. The summed E-state index contributed by atoms with van der Waals surface area (Å²) in [5.74, 6) is 0.616. The van der Waals surface area contributed by atoms with Crippen molar-refractivity contribution in [2.45, 2.75) is 39.5 Å². The van der Waals surface area contributed by atoms with Crippen molar-refractivity contribution in [3.8, 4) is 0 Å². The molecule has 0 radical (unpaired) electrons. The van der Waals surface area contributed by atoms with E-state index in [1.165, 1.54) is 25.7 Å². The minimum absolute atomic E-state index is 0.0828. The van der Waals surface area contributed by atoms with Crippen LogP contribution < -0.4 is 5.73 Å². The summed E-state index contributed by atoms with van der Waals surface area (Å²) in [6, 6.07) is 0. The summed E-state index contributed by atoms with van der Waals surface area (Å²) in [5, 5.41) is 0. The van der Waals surface area contributed by atoms with Crippen molar-refractivity contribution in [3.63, 3.8) is 0 Å². The predicted octanol–water partition coefficient (Wildman–Crippen LogP) is 2.19. The van der Waals surface area contributed by atoms with Gasteiger partial charge in [-0.3, -0.25) is 4.79 Å². The van der Waals surface area contributed by atoms with Crippen LogP contribution in [-0.2, 0) is 4.79 Å². The largest absolute Gasteiger partial charge is 0.393 e. The van der Waals surface area contributed by atoms with E-state index in [4.69, 9.17) is 18.0 Å². The highest BCUT2D eigenvalue weighted by atomic mass is 32.1. The van der Waals surface area contributed by atoms with Crippen LogP contribution in [0.4, 0.5) is 0 Å². The lowest BCUT2D eigenvalue weighted by atomic mass is 9.94. The van der Waals surface area contributed by atoms with Crippen molar-refractivity contribution in [1.82, 2.24) is 4.90 Å². The molecule has 1 amide bonds. The second-order valence-electron chi connectivity index (χ2n) is 5.49. The Balaban J connectivity index is 2.56. The molecule has 17 heavy (non-hydrogen) atoms. The van der Waals surface area contributed by atoms with E-state index in [-0.39, 0.29) is 17.7 Å². The number of amides is 1. The molecule has 0 aliphatic heterocycles. The minimum atomic E-state index is -0.309. The summed E-state index contributed by atoms with van der Waals surface area (Å²) in [4.78, 5) is 14.4. The first-order valence-electron chi connectivity index (χ1n) is 6.47. The van der Waals surface area contributed by atoms with Crippen LogP contribution in [0.2, 0.25) is 0 Å². The van der Waals surface area contributed by atoms with Gasteiger partial charge in [0.15, 0.2) is 0 Å². The summed E-state index contributed by atoms with van der Waals surface area (Å²) in [7, 11) is 1.87. The van der Waals surface area contributed by atoms with Gasteiger partial charge in [0.05, 0.1) is 10.9 Å². The van der Waals surface area contributed by atoms with Crippen LogP contribution in [-0.4, -0.2) is 29.4 Å². The van der Waals surface area contributed by atoms with Crippen molar-refractivity contribution < 1.29 is 4.79 Å². The van der Waals surface area contributed by atoms with Crippen LogP contribution in [0, 0.1) is 17.8 Å². The van der Waals surface area contributed by atoms with Crippen molar-refractivity contribution in [3.05, 3.63) is 0 Å². The van der Waals surface area contributed by atoms with Gasteiger partial charge in [-0.15, -0.1) is 0 Å². The molecule has 3 nitrogen and oxygen atoms in total. The number of carbonyl (C=O) groups is 1. The molecule has 1 aliphatic carbocycles. The van der Waals surface area contributed by atoms with Gasteiger partial charge in [-0.25, -0.2) is 0 Å². The first-order valence-corrected chi connectivity index (χ1v) is 6.88. The molecular formula is C13H24N2OS. The predicted molar refractivity (Wildman–Crippen MR) is 74.7 cm³/mol. The average Bonchev–Trinajstić information content (AvgIpc) is 2.68. The van der Waals surface area contributed by atoms with Crippen LogP contribution >= 0.6 is 12.2 Å². The quantitative estimate of drug-likeness (QED) is 0.767. The Morgan fingerprint density at radius 3 is 2.35 bits per heavy atom. The van der Waals surface area contributed by atoms with Crippen LogP contribution in [0.1, 0.15) is 39.5 Å². The van der Waals surface area contributed by atoms with Gasteiger partial charge in [0.1, 0.15) is 0 Å². The Kier molecular flexibility index (Phi) is 5.37. The van der Waals surface area contributed by atoms with Crippen molar-refractivity contribution in [2.24, 2.45) is 23.5 Å². The summed E-state index contributed by atoms with van der Waals surface area (Å²) in [6.07, 6.45) is 5.10. The van der Waals surface area contributed by atoms with E-state index < -0.39 is 0 Å². The fraction of sp³-hybridized carbons (Fsp3) is 0.846. The van der Waals surface area contributed by atoms with Crippen molar-refractivity contribution in [2.75, 3.05) is 13.6 Å². The molecule has 1 rings (SSSR count). The molecule has 0 spiro atoms. The summed E-state index contributed by atoms with van der Waals surface area (Å²) in [5.41, 5.74) is 5.67. The van der Waals surface area contributed by atoms with Gasteiger partial charge in [-0.1, -0.05) is 38.9 Å². The van der Waals surface area contributed by atoms with E-state index >= 15 is 0 Å². The molecule has 0 saturated heterocycles. The number of rotatable bonds is 5. The molecule has 98 valence electrons. The van der Waals surface area contributed by atoms with Gasteiger partial charge in [0.2, 0.25) is 5.91 Å². The van der Waals surface area contributed by atoms with Crippen LogP contribution in [0.3, 0.4) is 0 Å². The zero-order valence-corrected chi connectivity index (χ0v) is 11.9. The van der Waals surface area contributed by atoms with Gasteiger partial charge in [0, 0.05) is 13.6 Å². The molecular weight excluding hydrogens is 232 g/mol. The van der Waals surface area contributed by atoms with Crippen molar-refractivity contribution in [1.29, 1.82) is 0 Å². The highest BCUT2D eigenvalue weighted by molar-refractivity contribution is 7.80. The minimum Gasteiger partial charge on any atom is -0.393 e. The molecule has 1 atom stereocenters. The molecule has 4 heteroatoms. The molecule has 0 heterocycles. The molecule has 0 bridgehead atoms. The molecule has 0 aromatic carbocycles. The Hall–Kier alpha value is -0.640. The second kappa shape index (κ2) is 6.34. The van der Waals surface area contributed by atoms with Gasteiger partial charge in [0.25, 0.3) is 0 Å². The molecule has 1 aliphatic rings. The van der Waals surface area contributed by atoms with E-state index in [1.54, 1.807) is 0 Å². The fourth-order valence-electron chi connectivity index (χ4n) is 2.64. The lowest BCUT2D eigenvalue weighted by Gasteiger charge is -2.27. The molecule has 1 saturated carbocycles. The molecule has 1 fully saturated rings. The van der Waals surface area contributed by atoms with E-state index in [0.717, 1.165) is 6.54 Å². The lowest BCUT2D eigenvalue weighted by Crippen LogP contribution is -2.43. The Labute approximate surface area is 110 Å². The summed E-state index contributed by atoms with van der Waals surface area (Å²) >= 11 is 5.00. The van der Waals surface area contributed by atoms with Crippen molar-refractivity contribution >= 4 is 23.1 Å². The molecule has 2 N–H and O–H groups in total. The first-order chi connectivity index (χ1) is 7.93. The zero-order valence-electron chi connectivity index (χ0n) is 11.1. The lowest BCUT2D eigenvalue weighted by molar-refractivity contribution is -0.133. The van der Waals surface area contributed by atoms with Crippen LogP contribution in [0.25, 0.3) is 0 Å². The SMILES string of the molecule is CC(C)C(C(=O)N(C)CC1CCCC1)C(N)=S. The number of thiocarbonyl (C=S) groups is 1. The Bertz CT molecular complexity index is 285. The third-order valence-corrected chi connectivity index (χ3v) is 3.88. The van der Waals surface area contributed by atoms with Crippen LogP contribution in [0.5, 0.6) is 0 Å². The monoisotopic (exact) mass is 256 g/mol. The van der Waals surface area contributed by atoms with E-state index in [9.17, 15) is 4.79 Å². The number of nitrogens with zero attached hydrogens (tertiary/aromatic N) is 1. The fourth-order valence-corrected chi connectivity index (χ4v) is 3.02. The smallest absolute Gasteiger partial charge is 0.232 e. The summed E-state index contributed by atoms with van der Waals surface area (Å²) < 4.78 is 0. The Morgan fingerprint density at radius 2 is 1.94 bits per heavy atom. The van der Waals surface area contributed by atoms with Gasteiger partial charge in [-0.2, -0.15) is 0 Å². The highest BCUT2D eigenvalue weighted by Gasteiger charge is 2.29. The standard InChI is InChI=1S/C13H24N2OS/c1-9(2)11(12(14)17)13(16)15(3)8-10-6-4-5-7-10/h9-11H,4-8H2,1-3H3,(H2,14,17). The number of carbonyl (C=O) groups excluding carboxylic acids is 1. The maximum atomic E-state index is 12.3. The van der Waals surface area contributed by atoms with Crippen LogP contribution in [0.15, 0.2) is 0 Å². The van der Waals surface area contributed by atoms with Gasteiger partial charge in [-0.05, 0) is 24.7 Å². The maximum Gasteiger partial charge on any atom is 0.232 e. The number of nitrogens with two attached hydrogens (primary N) is 1. The third kappa shape index (κ3) is 3.95.